The third-order valence-electron chi connectivity index (χ3n) is 7.49. The summed E-state index contributed by atoms with van der Waals surface area (Å²) in [6.45, 7) is 17.7. The third-order valence-corrected chi connectivity index (χ3v) is 7.49. The van der Waals surface area contributed by atoms with Crippen LogP contribution in [0.25, 0.3) is 0 Å². The van der Waals surface area contributed by atoms with Gasteiger partial charge in [0.2, 0.25) is 0 Å². The van der Waals surface area contributed by atoms with E-state index in [4.69, 9.17) is 28.4 Å². The van der Waals surface area contributed by atoms with Crippen molar-refractivity contribution in [3.05, 3.63) is 121 Å². The maximum atomic E-state index is 12.5. The Morgan fingerprint density at radius 3 is 1.30 bits per heavy atom. The maximum absolute atomic E-state index is 12.5. The van der Waals surface area contributed by atoms with Crippen molar-refractivity contribution in [2.75, 3.05) is 26.4 Å². The number of esters is 2. The standard InChI is InChI=1S/C37H40N4O10.C2H6/c1-25(2)33(42)48-21-31(50-35(44)40-17-15-38-23-40)19-46-29-11-7-27(8-12-29)37(5,6)28-9-13-30(14-10-28)47-20-32(22-49-34(43)26(3)4)51-36(45)41-18-16-39-24-41;1-2/h7-18,23-24,31-32H,1,3,19-22H2,2,4-6H3;1-2H3. The van der Waals surface area contributed by atoms with Gasteiger partial charge in [0.25, 0.3) is 0 Å². The van der Waals surface area contributed by atoms with Crippen LogP contribution in [0.2, 0.25) is 0 Å². The number of hydrogen-bond donors (Lipinski definition) is 0. The zero-order valence-electron chi connectivity index (χ0n) is 30.9. The molecule has 0 bridgehead atoms. The Labute approximate surface area is 308 Å². The molecule has 0 saturated carbocycles. The van der Waals surface area contributed by atoms with E-state index in [1.54, 1.807) is 24.3 Å². The van der Waals surface area contributed by atoms with Crippen LogP contribution >= 0.6 is 0 Å². The van der Waals surface area contributed by atoms with Gasteiger partial charge >= 0.3 is 24.1 Å². The SMILES string of the molecule is C=C(C)C(=O)OCC(COc1ccc(C(C)(C)c2ccc(OCC(COC(=O)C(=C)C)OC(=O)n3ccnc3)cc2)cc1)OC(=O)n1ccnc1.CC. The number of carbonyl (C=O) groups is 4. The molecule has 4 aromatic rings. The Balaban J connectivity index is 0.00000372. The fraction of sp³-hybridized carbons (Fsp3) is 0.333. The van der Waals surface area contributed by atoms with Gasteiger partial charge in [-0.15, -0.1) is 0 Å². The molecular formula is C39H46N4O10. The minimum Gasteiger partial charge on any atom is -0.490 e. The number of hydrogen-bond acceptors (Lipinski definition) is 12. The van der Waals surface area contributed by atoms with E-state index in [0.717, 1.165) is 20.3 Å². The summed E-state index contributed by atoms with van der Waals surface area (Å²) in [5.41, 5.74) is 2.00. The van der Waals surface area contributed by atoms with Crippen molar-refractivity contribution in [3.8, 4) is 11.5 Å². The lowest BCUT2D eigenvalue weighted by atomic mass is 9.78. The molecule has 282 valence electrons. The highest BCUT2D eigenvalue weighted by molar-refractivity contribution is 5.87. The lowest BCUT2D eigenvalue weighted by molar-refractivity contribution is -0.143. The monoisotopic (exact) mass is 730 g/mol. The second kappa shape index (κ2) is 20.0. The molecule has 0 fully saturated rings. The number of carbonyl (C=O) groups excluding carboxylic acids is 4. The molecule has 0 saturated heterocycles. The number of ether oxygens (including phenoxy) is 6. The lowest BCUT2D eigenvalue weighted by Gasteiger charge is -2.27. The molecule has 2 unspecified atom stereocenters. The molecule has 2 aromatic carbocycles. The lowest BCUT2D eigenvalue weighted by Crippen LogP contribution is -2.32. The van der Waals surface area contributed by atoms with Crippen LogP contribution in [0.5, 0.6) is 11.5 Å². The first-order valence-electron chi connectivity index (χ1n) is 16.8. The largest absolute Gasteiger partial charge is 0.490 e. The van der Waals surface area contributed by atoms with Crippen LogP contribution in [0.1, 0.15) is 52.7 Å². The Morgan fingerprint density at radius 2 is 1.00 bits per heavy atom. The van der Waals surface area contributed by atoms with Gasteiger partial charge in [0.05, 0.1) is 0 Å². The molecule has 0 aliphatic carbocycles. The van der Waals surface area contributed by atoms with E-state index in [2.05, 4.69) is 37.0 Å². The van der Waals surface area contributed by atoms with Crippen molar-refractivity contribution in [3.63, 3.8) is 0 Å². The highest BCUT2D eigenvalue weighted by Crippen LogP contribution is 2.33. The molecule has 14 heteroatoms. The highest BCUT2D eigenvalue weighted by Gasteiger charge is 2.25. The van der Waals surface area contributed by atoms with Gasteiger partial charge in [-0.1, -0.05) is 65.1 Å². The van der Waals surface area contributed by atoms with Crippen molar-refractivity contribution >= 4 is 24.1 Å². The number of imidazole rings is 2. The first-order chi connectivity index (χ1) is 25.3. The molecule has 0 spiro atoms. The molecule has 4 rings (SSSR count). The van der Waals surface area contributed by atoms with E-state index in [0.29, 0.717) is 11.5 Å². The van der Waals surface area contributed by atoms with Gasteiger partial charge in [0, 0.05) is 41.3 Å². The summed E-state index contributed by atoms with van der Waals surface area (Å²) >= 11 is 0. The van der Waals surface area contributed by atoms with Gasteiger partial charge in [-0.2, -0.15) is 0 Å². The van der Waals surface area contributed by atoms with E-state index in [9.17, 15) is 19.2 Å². The smallest absolute Gasteiger partial charge is 0.419 e. The van der Waals surface area contributed by atoms with Crippen LogP contribution in [-0.4, -0.2) is 81.9 Å². The second-order valence-electron chi connectivity index (χ2n) is 12.0. The normalized spacial score (nSPS) is 11.8. The van der Waals surface area contributed by atoms with Crippen molar-refractivity contribution in [2.24, 2.45) is 0 Å². The number of aromatic nitrogens is 4. The summed E-state index contributed by atoms with van der Waals surface area (Å²) in [6.07, 6.45) is 5.17. The van der Waals surface area contributed by atoms with Crippen LogP contribution in [0, 0.1) is 0 Å². The van der Waals surface area contributed by atoms with E-state index in [1.165, 1.54) is 51.3 Å². The Hall–Kier alpha value is -6.18. The van der Waals surface area contributed by atoms with Gasteiger partial charge in [-0.05, 0) is 49.2 Å². The Kier molecular flexibility index (Phi) is 15.6. The van der Waals surface area contributed by atoms with Crippen LogP contribution in [-0.2, 0) is 34.0 Å². The quantitative estimate of drug-likeness (QED) is 0.0698. The fourth-order valence-electron chi connectivity index (χ4n) is 4.44. The summed E-state index contributed by atoms with van der Waals surface area (Å²) < 4.78 is 35.5. The molecule has 0 radical (unpaired) electrons. The molecule has 0 N–H and O–H groups in total. The predicted molar refractivity (Wildman–Crippen MR) is 195 cm³/mol. The molecule has 0 aliphatic heterocycles. The van der Waals surface area contributed by atoms with Crippen molar-refractivity contribution in [1.29, 1.82) is 0 Å². The fourth-order valence-corrected chi connectivity index (χ4v) is 4.44. The van der Waals surface area contributed by atoms with Crippen molar-refractivity contribution < 1.29 is 47.6 Å². The van der Waals surface area contributed by atoms with Gasteiger partial charge in [-0.25, -0.2) is 38.3 Å². The van der Waals surface area contributed by atoms with Crippen LogP contribution in [0.4, 0.5) is 9.59 Å². The van der Waals surface area contributed by atoms with E-state index < -0.39 is 41.7 Å². The van der Waals surface area contributed by atoms with E-state index in [-0.39, 0.29) is 37.6 Å². The van der Waals surface area contributed by atoms with Gasteiger partial charge in [-0.3, -0.25) is 0 Å². The van der Waals surface area contributed by atoms with Crippen LogP contribution in [0.3, 0.4) is 0 Å². The minimum absolute atomic E-state index is 0.0753. The minimum atomic E-state index is -0.898. The first-order valence-corrected chi connectivity index (χ1v) is 16.8. The summed E-state index contributed by atoms with van der Waals surface area (Å²) in [4.78, 5) is 56.5. The zero-order chi connectivity index (χ0) is 39.0. The number of rotatable bonds is 16. The molecule has 2 aromatic heterocycles. The summed E-state index contributed by atoms with van der Waals surface area (Å²) in [5, 5.41) is 0. The molecule has 14 nitrogen and oxygen atoms in total. The summed E-state index contributed by atoms with van der Waals surface area (Å²) in [7, 11) is 0. The molecule has 0 amide bonds. The van der Waals surface area contributed by atoms with Crippen molar-refractivity contribution in [1.82, 2.24) is 19.1 Å². The number of benzene rings is 2. The van der Waals surface area contributed by atoms with Gasteiger partial charge in [0.1, 0.15) is 50.6 Å². The van der Waals surface area contributed by atoms with E-state index in [1.807, 2.05) is 38.1 Å². The predicted octanol–water partition coefficient (Wildman–Crippen LogP) is 6.53. The average Bonchev–Trinajstić information content (AvgIpc) is 3.91. The van der Waals surface area contributed by atoms with Crippen molar-refractivity contribution in [2.45, 2.75) is 59.2 Å². The van der Waals surface area contributed by atoms with Gasteiger partial charge < -0.3 is 28.4 Å². The summed E-state index contributed by atoms with van der Waals surface area (Å²) in [5.74, 6) is -0.179. The maximum Gasteiger partial charge on any atom is 0.419 e. The first kappa shape index (κ1) is 41.2. The molecular weight excluding hydrogens is 684 g/mol. The Bertz CT molecular complexity index is 1670. The number of nitrogens with zero attached hydrogens (tertiary/aromatic N) is 4. The molecule has 53 heavy (non-hydrogen) atoms. The average molecular weight is 731 g/mol. The van der Waals surface area contributed by atoms with Crippen LogP contribution < -0.4 is 9.47 Å². The van der Waals surface area contributed by atoms with Crippen LogP contribution in [0.15, 0.2) is 110 Å². The Morgan fingerprint density at radius 1 is 0.642 bits per heavy atom. The highest BCUT2D eigenvalue weighted by atomic mass is 16.6. The van der Waals surface area contributed by atoms with E-state index >= 15 is 0 Å². The molecule has 2 heterocycles. The van der Waals surface area contributed by atoms with Gasteiger partial charge in [0.15, 0.2) is 12.2 Å². The topological polar surface area (TPSA) is 159 Å². The summed E-state index contributed by atoms with van der Waals surface area (Å²) in [6, 6.07) is 14.9. The molecule has 0 aliphatic rings. The third kappa shape index (κ3) is 12.5. The molecule has 2 atom stereocenters. The second-order valence-corrected chi connectivity index (χ2v) is 12.0. The zero-order valence-corrected chi connectivity index (χ0v) is 30.9.